The first-order chi connectivity index (χ1) is 8.18. The highest BCUT2D eigenvalue weighted by atomic mass is 14.9. The normalized spacial score (nSPS) is 18.5. The Morgan fingerprint density at radius 2 is 1.94 bits per heavy atom. The summed E-state index contributed by atoms with van der Waals surface area (Å²) in [7, 11) is 0. The van der Waals surface area contributed by atoms with E-state index in [0.29, 0.717) is 6.04 Å². The van der Waals surface area contributed by atoms with E-state index >= 15 is 0 Å². The van der Waals surface area contributed by atoms with Crippen molar-refractivity contribution >= 4 is 0 Å². The molecule has 0 aromatic heterocycles. The van der Waals surface area contributed by atoms with Crippen molar-refractivity contribution < 1.29 is 0 Å². The summed E-state index contributed by atoms with van der Waals surface area (Å²) in [6.45, 7) is 7.79. The number of hydrogen-bond donors (Lipinski definition) is 1. The van der Waals surface area contributed by atoms with Crippen LogP contribution < -0.4 is 5.32 Å². The highest BCUT2D eigenvalue weighted by Crippen LogP contribution is 2.27. The van der Waals surface area contributed by atoms with Gasteiger partial charge in [0.2, 0.25) is 0 Å². The zero-order valence-corrected chi connectivity index (χ0v) is 11.4. The van der Waals surface area contributed by atoms with Gasteiger partial charge in [0.05, 0.1) is 0 Å². The van der Waals surface area contributed by atoms with E-state index in [2.05, 4.69) is 44.3 Å². The van der Waals surface area contributed by atoms with E-state index in [1.165, 1.54) is 42.4 Å². The SMILES string of the molecule is Cc1cccc(CN[C@H](C)C2CCCC2)c1C. The Bertz CT molecular complexity index is 364. The molecule has 0 amide bonds. The van der Waals surface area contributed by atoms with Gasteiger partial charge >= 0.3 is 0 Å². The standard InChI is InChI=1S/C16H25N/c1-12-7-6-10-16(13(12)2)11-17-14(3)15-8-4-5-9-15/h6-7,10,14-15,17H,4-5,8-9,11H2,1-3H3/t14-/m1/s1. The lowest BCUT2D eigenvalue weighted by atomic mass is 9.98. The summed E-state index contributed by atoms with van der Waals surface area (Å²) in [6.07, 6.45) is 5.70. The van der Waals surface area contributed by atoms with Gasteiger partial charge in [-0.3, -0.25) is 0 Å². The maximum Gasteiger partial charge on any atom is 0.0210 e. The average Bonchev–Trinajstić information content (AvgIpc) is 2.84. The van der Waals surface area contributed by atoms with Crippen molar-refractivity contribution in [3.05, 3.63) is 34.9 Å². The molecule has 0 heterocycles. The van der Waals surface area contributed by atoms with E-state index < -0.39 is 0 Å². The number of nitrogens with one attached hydrogen (secondary N) is 1. The first kappa shape index (κ1) is 12.6. The van der Waals surface area contributed by atoms with Gasteiger partial charge in [-0.25, -0.2) is 0 Å². The summed E-state index contributed by atoms with van der Waals surface area (Å²) < 4.78 is 0. The summed E-state index contributed by atoms with van der Waals surface area (Å²) in [5.41, 5.74) is 4.30. The fraction of sp³-hybridized carbons (Fsp3) is 0.625. The van der Waals surface area contributed by atoms with Crippen LogP contribution >= 0.6 is 0 Å². The lowest BCUT2D eigenvalue weighted by molar-refractivity contribution is 0.380. The molecular weight excluding hydrogens is 206 g/mol. The van der Waals surface area contributed by atoms with Crippen LogP contribution in [0, 0.1) is 19.8 Å². The molecule has 0 bridgehead atoms. The fourth-order valence-corrected chi connectivity index (χ4v) is 2.90. The third kappa shape index (κ3) is 3.10. The smallest absolute Gasteiger partial charge is 0.0210 e. The number of benzene rings is 1. The second-order valence-electron chi connectivity index (χ2n) is 5.57. The van der Waals surface area contributed by atoms with E-state index in [4.69, 9.17) is 0 Å². The molecule has 1 saturated carbocycles. The predicted octanol–water partition coefficient (Wildman–Crippen LogP) is 3.97. The Morgan fingerprint density at radius 3 is 2.65 bits per heavy atom. The van der Waals surface area contributed by atoms with E-state index in [9.17, 15) is 0 Å². The molecule has 1 aliphatic carbocycles. The molecule has 1 atom stereocenters. The van der Waals surface area contributed by atoms with Crippen molar-refractivity contribution in [3.63, 3.8) is 0 Å². The summed E-state index contributed by atoms with van der Waals surface area (Å²) >= 11 is 0. The molecule has 94 valence electrons. The molecule has 0 unspecified atom stereocenters. The van der Waals surface area contributed by atoms with Gasteiger partial charge in [-0.2, -0.15) is 0 Å². The number of rotatable bonds is 4. The minimum absolute atomic E-state index is 0.664. The van der Waals surface area contributed by atoms with E-state index in [0.717, 1.165) is 12.5 Å². The molecule has 1 aromatic rings. The van der Waals surface area contributed by atoms with Crippen molar-refractivity contribution in [2.75, 3.05) is 0 Å². The topological polar surface area (TPSA) is 12.0 Å². The average molecular weight is 231 g/mol. The minimum Gasteiger partial charge on any atom is -0.310 e. The molecule has 1 heteroatoms. The fourth-order valence-electron chi connectivity index (χ4n) is 2.90. The third-order valence-electron chi connectivity index (χ3n) is 4.44. The van der Waals surface area contributed by atoms with Crippen LogP contribution in [-0.2, 0) is 6.54 Å². The molecule has 2 rings (SSSR count). The Morgan fingerprint density at radius 1 is 1.24 bits per heavy atom. The number of hydrogen-bond acceptors (Lipinski definition) is 1. The highest BCUT2D eigenvalue weighted by Gasteiger charge is 2.20. The van der Waals surface area contributed by atoms with Gasteiger partial charge in [-0.1, -0.05) is 31.0 Å². The molecule has 0 radical (unpaired) electrons. The first-order valence-corrected chi connectivity index (χ1v) is 6.97. The molecule has 1 aliphatic rings. The molecular formula is C16H25N. The molecule has 1 fully saturated rings. The molecule has 0 saturated heterocycles. The van der Waals surface area contributed by atoms with Crippen LogP contribution in [0.15, 0.2) is 18.2 Å². The van der Waals surface area contributed by atoms with Crippen LogP contribution in [0.25, 0.3) is 0 Å². The lowest BCUT2D eigenvalue weighted by Gasteiger charge is -2.21. The van der Waals surface area contributed by atoms with E-state index in [-0.39, 0.29) is 0 Å². The molecule has 1 N–H and O–H groups in total. The maximum atomic E-state index is 3.71. The van der Waals surface area contributed by atoms with Gasteiger partial charge in [0.1, 0.15) is 0 Å². The van der Waals surface area contributed by atoms with Crippen molar-refractivity contribution in [1.82, 2.24) is 5.32 Å². The Hall–Kier alpha value is -0.820. The highest BCUT2D eigenvalue weighted by molar-refractivity contribution is 5.32. The summed E-state index contributed by atoms with van der Waals surface area (Å²) in [6, 6.07) is 7.27. The zero-order chi connectivity index (χ0) is 12.3. The van der Waals surface area contributed by atoms with Crippen molar-refractivity contribution in [1.29, 1.82) is 0 Å². The Kier molecular flexibility index (Phi) is 4.22. The summed E-state index contributed by atoms with van der Waals surface area (Å²) in [5.74, 6) is 0.903. The minimum atomic E-state index is 0.664. The Balaban J connectivity index is 1.90. The van der Waals surface area contributed by atoms with Gasteiger partial charge in [0.25, 0.3) is 0 Å². The van der Waals surface area contributed by atoms with Crippen LogP contribution in [-0.4, -0.2) is 6.04 Å². The molecule has 0 aliphatic heterocycles. The quantitative estimate of drug-likeness (QED) is 0.826. The van der Waals surface area contributed by atoms with Crippen LogP contribution in [0.4, 0.5) is 0 Å². The molecule has 0 spiro atoms. The van der Waals surface area contributed by atoms with Gasteiger partial charge in [-0.15, -0.1) is 0 Å². The van der Waals surface area contributed by atoms with Gasteiger partial charge < -0.3 is 5.32 Å². The third-order valence-corrected chi connectivity index (χ3v) is 4.44. The van der Waals surface area contributed by atoms with Gasteiger partial charge in [-0.05, 0) is 56.2 Å². The molecule has 1 nitrogen and oxygen atoms in total. The van der Waals surface area contributed by atoms with Crippen LogP contribution in [0.3, 0.4) is 0 Å². The maximum absolute atomic E-state index is 3.71. The van der Waals surface area contributed by atoms with Crippen LogP contribution in [0.1, 0.15) is 49.3 Å². The van der Waals surface area contributed by atoms with Crippen LogP contribution in [0.2, 0.25) is 0 Å². The summed E-state index contributed by atoms with van der Waals surface area (Å²) in [4.78, 5) is 0. The van der Waals surface area contributed by atoms with E-state index in [1.54, 1.807) is 0 Å². The summed E-state index contributed by atoms with van der Waals surface area (Å²) in [5, 5.41) is 3.71. The molecule has 17 heavy (non-hydrogen) atoms. The first-order valence-electron chi connectivity index (χ1n) is 6.97. The zero-order valence-electron chi connectivity index (χ0n) is 11.4. The molecule has 1 aromatic carbocycles. The monoisotopic (exact) mass is 231 g/mol. The Labute approximate surface area is 106 Å². The second kappa shape index (κ2) is 5.68. The predicted molar refractivity (Wildman–Crippen MR) is 74.2 cm³/mol. The van der Waals surface area contributed by atoms with Crippen LogP contribution in [0.5, 0.6) is 0 Å². The second-order valence-corrected chi connectivity index (χ2v) is 5.57. The van der Waals surface area contributed by atoms with Crippen molar-refractivity contribution in [3.8, 4) is 0 Å². The van der Waals surface area contributed by atoms with Gasteiger partial charge in [0, 0.05) is 12.6 Å². The lowest BCUT2D eigenvalue weighted by Crippen LogP contribution is -2.31. The van der Waals surface area contributed by atoms with Gasteiger partial charge in [0.15, 0.2) is 0 Å². The van der Waals surface area contributed by atoms with Crippen molar-refractivity contribution in [2.24, 2.45) is 5.92 Å². The largest absolute Gasteiger partial charge is 0.310 e. The van der Waals surface area contributed by atoms with E-state index in [1.807, 2.05) is 0 Å². The number of aryl methyl sites for hydroxylation is 1. The van der Waals surface area contributed by atoms with Crippen molar-refractivity contribution in [2.45, 2.75) is 59.0 Å².